The van der Waals surface area contributed by atoms with Crippen molar-refractivity contribution in [3.63, 3.8) is 0 Å². The van der Waals surface area contributed by atoms with Crippen LogP contribution in [0.1, 0.15) is 307 Å². The number of ether oxygens (including phenoxy) is 4. The quantitative estimate of drug-likeness (QED) is 0.0202. The first-order chi connectivity index (χ1) is 51.4. The van der Waals surface area contributed by atoms with E-state index in [0.29, 0.717) is 23.7 Å². The Bertz CT molecular complexity index is 2640. The molecule has 5 heterocycles. The Morgan fingerprint density at radius 2 is 0.404 bits per heavy atom. The smallest absolute Gasteiger partial charge is 0.119 e. The highest BCUT2D eigenvalue weighted by atomic mass is 16.5. The number of fused-ring (bicyclic) bond motifs is 20. The molecule has 9 fully saturated rings. The summed E-state index contributed by atoms with van der Waals surface area (Å²) in [6.07, 6.45) is 55.9. The van der Waals surface area contributed by atoms with Gasteiger partial charge in [0.2, 0.25) is 0 Å². The lowest BCUT2D eigenvalue weighted by molar-refractivity contribution is 0.0250. The average molecular weight is 1430 g/mol. The Kier molecular flexibility index (Phi) is 30.7. The molecule has 12 atom stereocenters. The third kappa shape index (κ3) is 21.2. The standard InChI is InChI=1S/C92H144N8O4/c1-5-9-13-17-21-25-29-37-65-49-57-69(58-50-65)101-77-45-33-41-73-81(77)89-93-85(73)98-90-83-75(43-35-47-79(83)103-71-61-53-67(54-62-71)39-31-27-23-19-15-11-7-3)87(95-90)100-92-84-76(44-36-48-80(84)104-72-63-55-68(56-64-72)40-32-28-24-20-16-12-8-4)88(96-92)99-91-82-74(86(94-91)97-89)42-34-46-78(82)102-70-59-51-66(52-60-70)38-30-26-22-18-14-10-6-2/h49-64,73-100H,5-48H2,1-4H3. The van der Waals surface area contributed by atoms with Gasteiger partial charge in [0.05, 0.1) is 49.3 Å². The third-order valence-corrected chi connectivity index (χ3v) is 27.0. The zero-order valence-corrected chi connectivity index (χ0v) is 65.5. The number of unbranched alkanes of at least 4 members (excludes halogenated alkanes) is 24. The van der Waals surface area contributed by atoms with E-state index in [0.717, 1.165) is 126 Å². The van der Waals surface area contributed by atoms with Crippen molar-refractivity contribution in [2.24, 2.45) is 47.3 Å². The van der Waals surface area contributed by atoms with Gasteiger partial charge in [-0.3, -0.25) is 42.5 Å². The van der Waals surface area contributed by atoms with Gasteiger partial charge < -0.3 is 18.9 Å². The minimum absolute atomic E-state index is 0.0162. The fraction of sp³-hybridized carbons (Fsp3) is 0.739. The van der Waals surface area contributed by atoms with E-state index in [2.05, 4.69) is 167 Å². The van der Waals surface area contributed by atoms with Crippen molar-refractivity contribution >= 4 is 0 Å². The molecule has 12 nitrogen and oxygen atoms in total. The van der Waals surface area contributed by atoms with E-state index in [4.69, 9.17) is 18.9 Å². The summed E-state index contributed by atoms with van der Waals surface area (Å²) in [7, 11) is 0. The number of rotatable bonds is 40. The summed E-state index contributed by atoms with van der Waals surface area (Å²) < 4.78 is 29.7. The van der Waals surface area contributed by atoms with E-state index in [1.807, 2.05) is 0 Å². The van der Waals surface area contributed by atoms with Gasteiger partial charge in [-0.2, -0.15) is 0 Å². The maximum Gasteiger partial charge on any atom is 0.119 e. The summed E-state index contributed by atoms with van der Waals surface area (Å²) in [4.78, 5) is 0. The van der Waals surface area contributed by atoms with Gasteiger partial charge in [0, 0.05) is 23.7 Å². The molecule has 4 aromatic carbocycles. The van der Waals surface area contributed by atoms with Gasteiger partial charge in [-0.05, 0) is 223 Å². The molecule has 13 rings (SSSR count). The molecule has 4 aromatic rings. The van der Waals surface area contributed by atoms with Crippen LogP contribution in [-0.2, 0) is 25.7 Å². The van der Waals surface area contributed by atoms with Crippen LogP contribution in [0.15, 0.2) is 97.1 Å². The van der Waals surface area contributed by atoms with Crippen molar-refractivity contribution in [1.82, 2.24) is 42.5 Å². The molecule has 9 aliphatic rings. The monoisotopic (exact) mass is 1430 g/mol. The van der Waals surface area contributed by atoms with E-state index in [9.17, 15) is 0 Å². The first kappa shape index (κ1) is 77.9. The van der Waals surface area contributed by atoms with Crippen molar-refractivity contribution in [1.29, 1.82) is 0 Å². The zero-order chi connectivity index (χ0) is 71.1. The second-order valence-corrected chi connectivity index (χ2v) is 34.5. The van der Waals surface area contributed by atoms with E-state index in [1.54, 1.807) is 0 Å². The molecular weight excluding hydrogens is 1280 g/mol. The molecule has 0 amide bonds. The van der Waals surface area contributed by atoms with Crippen molar-refractivity contribution in [2.75, 3.05) is 0 Å². The summed E-state index contributed by atoms with van der Waals surface area (Å²) in [6.45, 7) is 9.24. The minimum atomic E-state index is 0.0162. The van der Waals surface area contributed by atoms with E-state index in [1.165, 1.54) is 202 Å². The van der Waals surface area contributed by atoms with Crippen LogP contribution < -0.4 is 61.5 Å². The van der Waals surface area contributed by atoms with Gasteiger partial charge in [0.1, 0.15) is 47.4 Å². The highest BCUT2D eigenvalue weighted by Gasteiger charge is 2.59. The molecule has 5 saturated heterocycles. The van der Waals surface area contributed by atoms with Gasteiger partial charge in [-0.1, -0.05) is 230 Å². The lowest BCUT2D eigenvalue weighted by atomic mass is 9.74. The first-order valence-electron chi connectivity index (χ1n) is 44.5. The lowest BCUT2D eigenvalue weighted by Crippen LogP contribution is -2.62. The van der Waals surface area contributed by atoms with Crippen LogP contribution >= 0.6 is 0 Å². The Morgan fingerprint density at radius 1 is 0.221 bits per heavy atom. The van der Waals surface area contributed by atoms with Crippen molar-refractivity contribution in [2.45, 2.75) is 384 Å². The van der Waals surface area contributed by atoms with Crippen LogP contribution in [0.2, 0.25) is 0 Å². The van der Waals surface area contributed by atoms with E-state index < -0.39 is 0 Å². The van der Waals surface area contributed by atoms with Crippen LogP contribution in [0.25, 0.3) is 0 Å². The first-order valence-corrected chi connectivity index (χ1v) is 44.5. The maximum atomic E-state index is 7.43. The molecule has 12 heteroatoms. The largest absolute Gasteiger partial charge is 0.490 e. The van der Waals surface area contributed by atoms with Crippen molar-refractivity contribution in [3.8, 4) is 23.0 Å². The predicted molar refractivity (Wildman–Crippen MR) is 429 cm³/mol. The molecule has 8 bridgehead atoms. The Labute approximate surface area is 631 Å². The van der Waals surface area contributed by atoms with Crippen LogP contribution in [0.3, 0.4) is 0 Å². The minimum Gasteiger partial charge on any atom is -0.490 e. The SMILES string of the molecule is CCCCCCCCCc1ccc(OC2CCCC3C4NC(NC5NC(NC6NC(NC7NC(N4)C4C(Oc8ccc(CCCCCCCCC)cc8)CCCC74)C4C(Oc7ccc(CCCCCCCCC)cc7)CCCC64)C4C(Oc6ccc(CCCCCCCCC)cc6)CCCC54)C23)cc1. The fourth-order valence-corrected chi connectivity index (χ4v) is 21.4. The summed E-state index contributed by atoms with van der Waals surface area (Å²) in [5.74, 6) is 6.45. The van der Waals surface area contributed by atoms with Gasteiger partial charge in [0.15, 0.2) is 0 Å². The summed E-state index contributed by atoms with van der Waals surface area (Å²) in [6, 6.07) is 37.2. The molecule has 5 aliphatic heterocycles. The molecule has 4 aliphatic carbocycles. The van der Waals surface area contributed by atoms with Gasteiger partial charge in [-0.25, -0.2) is 0 Å². The maximum absolute atomic E-state index is 7.43. The Hall–Kier alpha value is -4.24. The molecule has 4 saturated carbocycles. The van der Waals surface area contributed by atoms with Crippen LogP contribution in [0, 0.1) is 47.3 Å². The number of hydrogen-bond acceptors (Lipinski definition) is 12. The van der Waals surface area contributed by atoms with Crippen LogP contribution in [0.5, 0.6) is 23.0 Å². The molecular formula is C92H144N8O4. The van der Waals surface area contributed by atoms with E-state index >= 15 is 0 Å². The van der Waals surface area contributed by atoms with Gasteiger partial charge in [-0.15, -0.1) is 0 Å². The third-order valence-electron chi connectivity index (χ3n) is 27.0. The number of aryl methyl sites for hydroxylation is 4. The molecule has 8 N–H and O–H groups in total. The topological polar surface area (TPSA) is 133 Å². The molecule has 12 unspecified atom stereocenters. The summed E-state index contributed by atoms with van der Waals surface area (Å²) in [5, 5.41) is 35.8. The molecule has 0 spiro atoms. The van der Waals surface area contributed by atoms with Crippen molar-refractivity contribution < 1.29 is 18.9 Å². The number of nitrogens with one attached hydrogen (secondary N) is 8. The number of benzene rings is 4. The molecule has 0 radical (unpaired) electrons. The van der Waals surface area contributed by atoms with Gasteiger partial charge >= 0.3 is 0 Å². The van der Waals surface area contributed by atoms with Gasteiger partial charge in [0.25, 0.3) is 0 Å². The average Bonchev–Trinajstić information content (AvgIpc) is 1.59. The summed E-state index contributed by atoms with van der Waals surface area (Å²) in [5.41, 5.74) is 5.72. The predicted octanol–water partition coefficient (Wildman–Crippen LogP) is 20.0. The molecule has 0 aromatic heterocycles. The van der Waals surface area contributed by atoms with Crippen LogP contribution in [0.4, 0.5) is 0 Å². The fourth-order valence-electron chi connectivity index (χ4n) is 21.4. The van der Waals surface area contributed by atoms with Crippen LogP contribution in [-0.4, -0.2) is 73.7 Å². The Balaban J connectivity index is 0.785. The molecule has 104 heavy (non-hydrogen) atoms. The molecule has 576 valence electrons. The highest BCUT2D eigenvalue weighted by molar-refractivity contribution is 5.32. The van der Waals surface area contributed by atoms with E-state index in [-0.39, 0.29) is 97.4 Å². The zero-order valence-electron chi connectivity index (χ0n) is 65.5. The highest BCUT2D eigenvalue weighted by Crippen LogP contribution is 2.49. The Morgan fingerprint density at radius 3 is 0.596 bits per heavy atom. The lowest BCUT2D eigenvalue weighted by Gasteiger charge is -2.41. The van der Waals surface area contributed by atoms with Crippen molar-refractivity contribution in [3.05, 3.63) is 119 Å². The summed E-state index contributed by atoms with van der Waals surface area (Å²) >= 11 is 0. The second kappa shape index (κ2) is 41.0. The number of hydrogen-bond donors (Lipinski definition) is 8. The normalized spacial score (nSPS) is 32.1. The second-order valence-electron chi connectivity index (χ2n) is 34.5.